The highest BCUT2D eigenvalue weighted by molar-refractivity contribution is 6.05. The van der Waals surface area contributed by atoms with Crippen LogP contribution in [0.2, 0.25) is 0 Å². The molecule has 0 aliphatic rings. The van der Waals surface area contributed by atoms with Gasteiger partial charge in [0, 0.05) is 29.5 Å². The van der Waals surface area contributed by atoms with Crippen molar-refractivity contribution in [2.24, 2.45) is 0 Å². The van der Waals surface area contributed by atoms with E-state index in [0.29, 0.717) is 17.9 Å². The molecule has 0 aliphatic carbocycles. The Balaban J connectivity index is 1.74. The van der Waals surface area contributed by atoms with E-state index >= 15 is 0 Å². The smallest absolute Gasteiger partial charge is 0.273 e. The lowest BCUT2D eigenvalue weighted by atomic mass is 10.1. The number of nitrogens with zero attached hydrogens (tertiary/aromatic N) is 3. The molecule has 2 aromatic carbocycles. The van der Waals surface area contributed by atoms with E-state index in [9.17, 15) is 14.9 Å². The molecule has 0 saturated heterocycles. The zero-order valence-electron chi connectivity index (χ0n) is 13.5. The van der Waals surface area contributed by atoms with Gasteiger partial charge >= 0.3 is 0 Å². The Hall–Kier alpha value is -3.48. The summed E-state index contributed by atoms with van der Waals surface area (Å²) in [4.78, 5) is 22.9. The van der Waals surface area contributed by atoms with Gasteiger partial charge in [0.15, 0.2) is 5.82 Å². The molecular formula is C18H16N4O3. The second-order valence-corrected chi connectivity index (χ2v) is 5.55. The molecule has 0 atom stereocenters. The van der Waals surface area contributed by atoms with Crippen molar-refractivity contribution in [3.05, 3.63) is 87.6 Å². The number of carbonyl (C=O) groups excluding carboxylic acids is 1. The van der Waals surface area contributed by atoms with E-state index in [1.165, 1.54) is 12.1 Å². The molecule has 0 unspecified atom stereocenters. The molecule has 1 N–H and O–H groups in total. The number of benzene rings is 2. The Morgan fingerprint density at radius 3 is 2.64 bits per heavy atom. The first-order valence-electron chi connectivity index (χ1n) is 7.67. The summed E-state index contributed by atoms with van der Waals surface area (Å²) in [5.41, 5.74) is 1.60. The minimum Gasteiger partial charge on any atom is -0.305 e. The molecule has 7 nitrogen and oxygen atoms in total. The molecule has 0 bridgehead atoms. The Labute approximate surface area is 144 Å². The third kappa shape index (κ3) is 3.72. The van der Waals surface area contributed by atoms with Crippen molar-refractivity contribution in [2.75, 3.05) is 5.32 Å². The predicted molar refractivity (Wildman–Crippen MR) is 93.6 cm³/mol. The Bertz CT molecular complexity index is 919. The predicted octanol–water partition coefficient (Wildman–Crippen LogP) is 3.40. The molecule has 25 heavy (non-hydrogen) atoms. The van der Waals surface area contributed by atoms with E-state index < -0.39 is 10.8 Å². The highest BCUT2D eigenvalue weighted by atomic mass is 16.6. The van der Waals surface area contributed by atoms with Crippen LogP contribution in [0.25, 0.3) is 0 Å². The number of anilines is 1. The quantitative estimate of drug-likeness (QED) is 0.571. The highest BCUT2D eigenvalue weighted by Gasteiger charge is 2.18. The molecule has 1 aromatic heterocycles. The molecule has 1 amide bonds. The van der Waals surface area contributed by atoms with Crippen molar-refractivity contribution in [3.63, 3.8) is 0 Å². The number of hydrogen-bond acceptors (Lipinski definition) is 4. The maximum Gasteiger partial charge on any atom is 0.273 e. The van der Waals surface area contributed by atoms with E-state index in [2.05, 4.69) is 10.4 Å². The number of hydrogen-bond donors (Lipinski definition) is 1. The van der Waals surface area contributed by atoms with Crippen LogP contribution in [0, 0.1) is 17.0 Å². The summed E-state index contributed by atoms with van der Waals surface area (Å²) in [7, 11) is 0. The van der Waals surface area contributed by atoms with Crippen LogP contribution in [-0.2, 0) is 6.54 Å². The summed E-state index contributed by atoms with van der Waals surface area (Å²) in [5.74, 6) is -0.0296. The van der Waals surface area contributed by atoms with Gasteiger partial charge in [0.2, 0.25) is 0 Å². The first-order chi connectivity index (χ1) is 12.0. The molecule has 0 saturated carbocycles. The van der Waals surface area contributed by atoms with Gasteiger partial charge in [-0.3, -0.25) is 19.6 Å². The topological polar surface area (TPSA) is 90.1 Å². The summed E-state index contributed by atoms with van der Waals surface area (Å²) >= 11 is 0. The monoisotopic (exact) mass is 336 g/mol. The SMILES string of the molecule is Cc1c(C(=O)Nc2ccn(Cc3ccccc3)n2)cccc1[N+](=O)[O-]. The number of aromatic nitrogens is 2. The second kappa shape index (κ2) is 6.96. The van der Waals surface area contributed by atoms with Gasteiger partial charge in [-0.1, -0.05) is 36.4 Å². The van der Waals surface area contributed by atoms with Crippen LogP contribution in [0.4, 0.5) is 11.5 Å². The number of amides is 1. The largest absolute Gasteiger partial charge is 0.305 e. The van der Waals surface area contributed by atoms with Crippen LogP contribution in [0.3, 0.4) is 0 Å². The van der Waals surface area contributed by atoms with Gasteiger partial charge < -0.3 is 5.32 Å². The summed E-state index contributed by atoms with van der Waals surface area (Å²) in [5, 5.41) is 18.0. The number of carbonyl (C=O) groups is 1. The van der Waals surface area contributed by atoms with E-state index in [1.54, 1.807) is 29.9 Å². The number of nitro benzene ring substituents is 1. The van der Waals surface area contributed by atoms with Crippen molar-refractivity contribution in [2.45, 2.75) is 13.5 Å². The molecule has 0 spiro atoms. The molecule has 3 rings (SSSR count). The van der Waals surface area contributed by atoms with Gasteiger partial charge in [0.05, 0.1) is 11.5 Å². The van der Waals surface area contributed by atoms with Crippen molar-refractivity contribution in [3.8, 4) is 0 Å². The summed E-state index contributed by atoms with van der Waals surface area (Å²) in [6.45, 7) is 2.15. The average Bonchev–Trinajstić information content (AvgIpc) is 3.02. The van der Waals surface area contributed by atoms with Crippen LogP contribution in [0.1, 0.15) is 21.5 Å². The lowest BCUT2D eigenvalue weighted by Gasteiger charge is -2.06. The van der Waals surface area contributed by atoms with E-state index in [-0.39, 0.29) is 11.3 Å². The van der Waals surface area contributed by atoms with Crippen molar-refractivity contribution < 1.29 is 9.72 Å². The summed E-state index contributed by atoms with van der Waals surface area (Å²) in [6.07, 6.45) is 1.77. The van der Waals surface area contributed by atoms with Crippen LogP contribution in [0.15, 0.2) is 60.8 Å². The van der Waals surface area contributed by atoms with Crippen molar-refractivity contribution >= 4 is 17.4 Å². The summed E-state index contributed by atoms with van der Waals surface area (Å²) in [6, 6.07) is 15.9. The molecular weight excluding hydrogens is 320 g/mol. The normalized spacial score (nSPS) is 10.4. The molecule has 7 heteroatoms. The van der Waals surface area contributed by atoms with Gasteiger partial charge in [0.1, 0.15) is 0 Å². The van der Waals surface area contributed by atoms with E-state index in [1.807, 2.05) is 30.3 Å². The minimum atomic E-state index is -0.499. The number of nitro groups is 1. The Kier molecular flexibility index (Phi) is 4.56. The van der Waals surface area contributed by atoms with Gasteiger partial charge in [-0.2, -0.15) is 5.10 Å². The highest BCUT2D eigenvalue weighted by Crippen LogP contribution is 2.21. The molecule has 1 heterocycles. The van der Waals surface area contributed by atoms with Crippen LogP contribution >= 0.6 is 0 Å². The van der Waals surface area contributed by atoms with E-state index in [4.69, 9.17) is 0 Å². The fraction of sp³-hybridized carbons (Fsp3) is 0.111. The first-order valence-corrected chi connectivity index (χ1v) is 7.67. The number of nitrogens with one attached hydrogen (secondary N) is 1. The first kappa shape index (κ1) is 16.4. The average molecular weight is 336 g/mol. The lowest BCUT2D eigenvalue weighted by molar-refractivity contribution is -0.385. The van der Waals surface area contributed by atoms with Crippen LogP contribution in [-0.4, -0.2) is 20.6 Å². The fourth-order valence-corrected chi connectivity index (χ4v) is 2.54. The lowest BCUT2D eigenvalue weighted by Crippen LogP contribution is -2.15. The molecule has 126 valence electrons. The summed E-state index contributed by atoms with van der Waals surface area (Å²) < 4.78 is 1.71. The van der Waals surface area contributed by atoms with Crippen molar-refractivity contribution in [1.29, 1.82) is 0 Å². The fourth-order valence-electron chi connectivity index (χ4n) is 2.54. The molecule has 0 aliphatic heterocycles. The standard InChI is InChI=1S/C18H16N4O3/c1-13-15(8-5-9-16(13)22(24)25)18(23)19-17-10-11-21(20-17)12-14-6-3-2-4-7-14/h2-11H,12H2,1H3,(H,19,20,23). The van der Waals surface area contributed by atoms with Gasteiger partial charge in [-0.05, 0) is 18.6 Å². The Morgan fingerprint density at radius 1 is 1.16 bits per heavy atom. The van der Waals surface area contributed by atoms with Crippen LogP contribution < -0.4 is 5.32 Å². The second-order valence-electron chi connectivity index (χ2n) is 5.55. The molecule has 0 fully saturated rings. The minimum absolute atomic E-state index is 0.0812. The van der Waals surface area contributed by atoms with Crippen molar-refractivity contribution in [1.82, 2.24) is 9.78 Å². The zero-order valence-corrected chi connectivity index (χ0v) is 13.5. The van der Waals surface area contributed by atoms with Gasteiger partial charge in [-0.25, -0.2) is 0 Å². The van der Waals surface area contributed by atoms with Gasteiger partial charge in [0.25, 0.3) is 11.6 Å². The van der Waals surface area contributed by atoms with E-state index in [0.717, 1.165) is 5.56 Å². The third-order valence-corrected chi connectivity index (χ3v) is 3.82. The third-order valence-electron chi connectivity index (χ3n) is 3.82. The molecule has 3 aromatic rings. The maximum absolute atomic E-state index is 12.4. The molecule has 0 radical (unpaired) electrons. The zero-order chi connectivity index (χ0) is 17.8. The van der Waals surface area contributed by atoms with Crippen LogP contribution in [0.5, 0.6) is 0 Å². The number of rotatable bonds is 5. The Morgan fingerprint density at radius 2 is 1.92 bits per heavy atom. The maximum atomic E-state index is 12.4. The van der Waals surface area contributed by atoms with Gasteiger partial charge in [-0.15, -0.1) is 0 Å².